The van der Waals surface area contributed by atoms with Gasteiger partial charge in [-0.15, -0.1) is 0 Å². The molecule has 0 bridgehead atoms. The molecule has 0 aliphatic heterocycles. The summed E-state index contributed by atoms with van der Waals surface area (Å²) in [5, 5.41) is 0. The van der Waals surface area contributed by atoms with Gasteiger partial charge in [-0.1, -0.05) is 12.2 Å². The van der Waals surface area contributed by atoms with E-state index in [1.807, 2.05) is 30.7 Å². The lowest BCUT2D eigenvalue weighted by atomic mass is 10.3. The van der Waals surface area contributed by atoms with Crippen molar-refractivity contribution in [1.82, 2.24) is 9.80 Å². The van der Waals surface area contributed by atoms with Crippen LogP contribution in [0.5, 0.6) is 0 Å². The highest BCUT2D eigenvalue weighted by molar-refractivity contribution is 7.80. The number of rotatable bonds is 6. The number of nitrogens with zero attached hydrogens (tertiary/aromatic N) is 2. The zero-order valence-corrected chi connectivity index (χ0v) is 11.1. The third-order valence-electron chi connectivity index (χ3n) is 2.92. The van der Waals surface area contributed by atoms with E-state index in [2.05, 4.69) is 0 Å². The second kappa shape index (κ2) is 5.59. The molecule has 1 rings (SSSR count). The molecule has 1 amide bonds. The van der Waals surface area contributed by atoms with Gasteiger partial charge in [0.15, 0.2) is 0 Å². The third kappa shape index (κ3) is 4.06. The van der Waals surface area contributed by atoms with E-state index in [4.69, 9.17) is 18.0 Å². The Morgan fingerprint density at radius 3 is 2.38 bits per heavy atom. The van der Waals surface area contributed by atoms with Crippen LogP contribution in [0.25, 0.3) is 0 Å². The first-order chi connectivity index (χ1) is 7.41. The van der Waals surface area contributed by atoms with Gasteiger partial charge in [-0.2, -0.15) is 0 Å². The Labute approximate surface area is 103 Å². The van der Waals surface area contributed by atoms with Crippen molar-refractivity contribution in [3.8, 4) is 0 Å². The van der Waals surface area contributed by atoms with Gasteiger partial charge >= 0.3 is 0 Å². The van der Waals surface area contributed by atoms with E-state index in [9.17, 15) is 4.79 Å². The van der Waals surface area contributed by atoms with E-state index < -0.39 is 0 Å². The van der Waals surface area contributed by atoms with Crippen LogP contribution in [0, 0.1) is 0 Å². The Morgan fingerprint density at radius 1 is 1.44 bits per heavy atom. The van der Waals surface area contributed by atoms with Crippen LogP contribution >= 0.6 is 12.2 Å². The van der Waals surface area contributed by atoms with Crippen molar-refractivity contribution in [2.24, 2.45) is 5.73 Å². The van der Waals surface area contributed by atoms with E-state index in [-0.39, 0.29) is 11.9 Å². The summed E-state index contributed by atoms with van der Waals surface area (Å²) < 4.78 is 0. The summed E-state index contributed by atoms with van der Waals surface area (Å²) in [4.78, 5) is 16.2. The van der Waals surface area contributed by atoms with Crippen molar-refractivity contribution in [3.05, 3.63) is 0 Å². The fourth-order valence-corrected chi connectivity index (χ4v) is 1.74. The molecule has 0 aromatic carbocycles. The van der Waals surface area contributed by atoms with E-state index in [1.54, 1.807) is 0 Å². The summed E-state index contributed by atoms with van der Waals surface area (Å²) in [6, 6.07) is 0.740. The first kappa shape index (κ1) is 13.4. The molecular formula is C11H21N3OS. The summed E-state index contributed by atoms with van der Waals surface area (Å²) in [5.41, 5.74) is 5.52. The molecular weight excluding hydrogens is 222 g/mol. The molecule has 0 aromatic heterocycles. The van der Waals surface area contributed by atoms with Crippen LogP contribution in [0.2, 0.25) is 0 Å². The molecule has 1 aliphatic rings. The first-order valence-electron chi connectivity index (χ1n) is 5.69. The molecule has 4 nitrogen and oxygen atoms in total. The lowest BCUT2D eigenvalue weighted by molar-refractivity contribution is -0.131. The van der Waals surface area contributed by atoms with Crippen molar-refractivity contribution in [1.29, 1.82) is 0 Å². The SMILES string of the molecule is CC(C)N(CC(=O)N(C)C1CC1)CC(N)=S. The highest BCUT2D eigenvalue weighted by atomic mass is 32.1. The number of hydrogen-bond acceptors (Lipinski definition) is 3. The maximum Gasteiger partial charge on any atom is 0.236 e. The molecule has 92 valence electrons. The highest BCUT2D eigenvalue weighted by Gasteiger charge is 2.30. The van der Waals surface area contributed by atoms with Gasteiger partial charge in [-0.25, -0.2) is 0 Å². The first-order valence-corrected chi connectivity index (χ1v) is 6.10. The van der Waals surface area contributed by atoms with E-state index >= 15 is 0 Å². The Hall–Kier alpha value is -0.680. The summed E-state index contributed by atoms with van der Waals surface area (Å²) in [6.07, 6.45) is 2.28. The van der Waals surface area contributed by atoms with E-state index in [0.29, 0.717) is 24.1 Å². The highest BCUT2D eigenvalue weighted by Crippen LogP contribution is 2.25. The molecule has 1 fully saturated rings. The maximum absolute atomic E-state index is 11.9. The van der Waals surface area contributed by atoms with Gasteiger partial charge in [-0.3, -0.25) is 9.69 Å². The van der Waals surface area contributed by atoms with Gasteiger partial charge in [0.25, 0.3) is 0 Å². The average molecular weight is 243 g/mol. The Bertz CT molecular complexity index is 276. The second-order valence-electron chi connectivity index (χ2n) is 4.70. The number of likely N-dealkylation sites (N-methyl/N-ethyl adjacent to an activating group) is 1. The molecule has 0 spiro atoms. The monoisotopic (exact) mass is 243 g/mol. The van der Waals surface area contributed by atoms with Crippen LogP contribution in [0.15, 0.2) is 0 Å². The number of thiocarbonyl (C=S) groups is 1. The average Bonchev–Trinajstić information content (AvgIpc) is 2.97. The van der Waals surface area contributed by atoms with Gasteiger partial charge < -0.3 is 10.6 Å². The number of carbonyl (C=O) groups is 1. The van der Waals surface area contributed by atoms with Crippen molar-refractivity contribution in [3.63, 3.8) is 0 Å². The van der Waals surface area contributed by atoms with Crippen LogP contribution in [0.4, 0.5) is 0 Å². The molecule has 0 heterocycles. The quantitative estimate of drug-likeness (QED) is 0.694. The summed E-state index contributed by atoms with van der Waals surface area (Å²) >= 11 is 4.88. The maximum atomic E-state index is 11.9. The summed E-state index contributed by atoms with van der Waals surface area (Å²) in [7, 11) is 1.87. The van der Waals surface area contributed by atoms with Crippen LogP contribution in [-0.2, 0) is 4.79 Å². The molecule has 1 aliphatic carbocycles. The van der Waals surface area contributed by atoms with Crippen LogP contribution in [-0.4, -0.2) is 52.9 Å². The fraction of sp³-hybridized carbons (Fsp3) is 0.818. The lowest BCUT2D eigenvalue weighted by Crippen LogP contribution is -2.45. The number of nitrogens with two attached hydrogens (primary N) is 1. The zero-order valence-electron chi connectivity index (χ0n) is 10.3. The number of carbonyl (C=O) groups excluding carboxylic acids is 1. The predicted octanol–water partition coefficient (Wildman–Crippen LogP) is 0.604. The molecule has 1 saturated carbocycles. The zero-order chi connectivity index (χ0) is 12.3. The van der Waals surface area contributed by atoms with Crippen molar-refractivity contribution >= 4 is 23.1 Å². The van der Waals surface area contributed by atoms with Gasteiger partial charge in [0.2, 0.25) is 5.91 Å². The molecule has 0 unspecified atom stereocenters. The molecule has 2 N–H and O–H groups in total. The van der Waals surface area contributed by atoms with Gasteiger partial charge in [0, 0.05) is 25.7 Å². The minimum atomic E-state index is 0.160. The van der Waals surface area contributed by atoms with E-state index in [1.165, 1.54) is 0 Å². The largest absolute Gasteiger partial charge is 0.392 e. The number of amides is 1. The fourth-order valence-electron chi connectivity index (χ4n) is 1.57. The summed E-state index contributed by atoms with van der Waals surface area (Å²) in [5.74, 6) is 0.160. The van der Waals surface area contributed by atoms with Crippen molar-refractivity contribution in [2.45, 2.75) is 38.8 Å². The molecule has 0 aromatic rings. The van der Waals surface area contributed by atoms with Crippen LogP contribution in [0.3, 0.4) is 0 Å². The Kier molecular flexibility index (Phi) is 4.68. The Balaban J connectivity index is 2.46. The predicted molar refractivity (Wildman–Crippen MR) is 69.3 cm³/mol. The molecule has 5 heteroatoms. The summed E-state index contributed by atoms with van der Waals surface area (Å²) in [6.45, 7) is 5.00. The second-order valence-corrected chi connectivity index (χ2v) is 5.23. The van der Waals surface area contributed by atoms with Crippen LogP contribution in [0.1, 0.15) is 26.7 Å². The topological polar surface area (TPSA) is 49.6 Å². The Morgan fingerprint density at radius 2 is 2.00 bits per heavy atom. The molecule has 16 heavy (non-hydrogen) atoms. The lowest BCUT2D eigenvalue weighted by Gasteiger charge is -2.27. The van der Waals surface area contributed by atoms with Gasteiger partial charge in [-0.05, 0) is 26.7 Å². The smallest absolute Gasteiger partial charge is 0.236 e. The number of hydrogen-bond donors (Lipinski definition) is 1. The van der Waals surface area contributed by atoms with Crippen molar-refractivity contribution in [2.75, 3.05) is 20.1 Å². The minimum absolute atomic E-state index is 0.160. The van der Waals surface area contributed by atoms with Gasteiger partial charge in [0.1, 0.15) is 0 Å². The van der Waals surface area contributed by atoms with E-state index in [0.717, 1.165) is 12.8 Å². The molecule has 0 saturated heterocycles. The third-order valence-corrected chi connectivity index (χ3v) is 3.04. The standard InChI is InChI=1S/C11H21N3OS/c1-8(2)14(6-10(12)16)7-11(15)13(3)9-4-5-9/h8-9H,4-7H2,1-3H3,(H2,12,16). The molecule has 0 atom stereocenters. The van der Waals surface area contributed by atoms with Crippen molar-refractivity contribution < 1.29 is 4.79 Å². The minimum Gasteiger partial charge on any atom is -0.392 e. The van der Waals surface area contributed by atoms with Gasteiger partial charge in [0.05, 0.1) is 11.5 Å². The molecule has 0 radical (unpaired) electrons. The normalized spacial score (nSPS) is 15.6. The van der Waals surface area contributed by atoms with Crippen LogP contribution < -0.4 is 5.73 Å².